The van der Waals surface area contributed by atoms with Crippen molar-refractivity contribution in [1.29, 1.82) is 0 Å². The number of hydrogen-bond donors (Lipinski definition) is 3. The minimum Gasteiger partial charge on any atom is -1.00 e. The third kappa shape index (κ3) is 5.53. The van der Waals surface area contributed by atoms with Gasteiger partial charge in [-0.3, -0.25) is 0 Å². The van der Waals surface area contributed by atoms with Crippen molar-refractivity contribution in [2.75, 3.05) is 27.2 Å². The molecule has 0 saturated heterocycles. The number of aliphatic hydroxyl groups excluding tert-OH is 3. The second kappa shape index (κ2) is 8.52. The number of rotatable bonds is 5. The van der Waals surface area contributed by atoms with Gasteiger partial charge in [-0.05, 0) is 32.4 Å². The first-order valence-electron chi connectivity index (χ1n) is 8.62. The van der Waals surface area contributed by atoms with Crippen LogP contribution in [0.4, 0.5) is 0 Å². The smallest absolute Gasteiger partial charge is 0.137 e. The number of fused-ring (bicyclic) bond motifs is 1. The highest BCUT2D eigenvalue weighted by atomic mass is 127. The van der Waals surface area contributed by atoms with Crippen molar-refractivity contribution in [3.8, 4) is 5.75 Å². The number of nitrogens with zero attached hydrogens (tertiary/aromatic N) is 1. The molecule has 1 aromatic carbocycles. The number of hydrogen-bond acceptors (Lipinski definition) is 4. The minimum absolute atomic E-state index is 0. The second-order valence-corrected chi connectivity index (χ2v) is 8.44. The van der Waals surface area contributed by atoms with Gasteiger partial charge >= 0.3 is 0 Å². The van der Waals surface area contributed by atoms with Gasteiger partial charge in [-0.15, -0.1) is 0 Å². The highest BCUT2D eigenvalue weighted by Gasteiger charge is 2.34. The molecule has 0 aliphatic heterocycles. The van der Waals surface area contributed by atoms with Gasteiger partial charge in [-0.25, -0.2) is 0 Å². The van der Waals surface area contributed by atoms with Crippen molar-refractivity contribution in [3.05, 3.63) is 29.3 Å². The Morgan fingerprint density at radius 3 is 2.36 bits per heavy atom. The zero-order valence-electron chi connectivity index (χ0n) is 15.9. The fraction of sp³-hybridized carbons (Fsp3) is 0.684. The maximum Gasteiger partial charge on any atom is 0.137 e. The van der Waals surface area contributed by atoms with Gasteiger partial charge in [0.1, 0.15) is 25.0 Å². The molecule has 0 fully saturated rings. The van der Waals surface area contributed by atoms with Crippen LogP contribution in [0.2, 0.25) is 0 Å². The Balaban J connectivity index is 0.00000312. The van der Waals surface area contributed by atoms with Crippen molar-refractivity contribution < 1.29 is 48.5 Å². The SMILES string of the molecule is CC(C)(C)[N+](C)(C)CC(O)COc1cccc2c1C[C@H](O)[C@H](O)C2.[I-]. The van der Waals surface area contributed by atoms with Crippen molar-refractivity contribution in [3.63, 3.8) is 0 Å². The second-order valence-electron chi connectivity index (χ2n) is 8.44. The molecule has 1 unspecified atom stereocenters. The van der Waals surface area contributed by atoms with Crippen molar-refractivity contribution in [1.82, 2.24) is 0 Å². The molecule has 5 nitrogen and oxygen atoms in total. The number of aliphatic hydroxyl groups is 3. The molecule has 1 aliphatic rings. The molecule has 2 rings (SSSR count). The van der Waals surface area contributed by atoms with Crippen molar-refractivity contribution in [2.45, 2.75) is 57.5 Å². The molecule has 1 aliphatic carbocycles. The Morgan fingerprint density at radius 1 is 1.16 bits per heavy atom. The van der Waals surface area contributed by atoms with Gasteiger partial charge in [0, 0.05) is 18.4 Å². The van der Waals surface area contributed by atoms with Gasteiger partial charge in [-0.2, -0.15) is 0 Å². The van der Waals surface area contributed by atoms with E-state index in [-0.39, 0.29) is 36.1 Å². The van der Waals surface area contributed by atoms with Crippen LogP contribution < -0.4 is 28.7 Å². The summed E-state index contributed by atoms with van der Waals surface area (Å²) in [5.41, 5.74) is 1.98. The Labute approximate surface area is 168 Å². The van der Waals surface area contributed by atoms with Crippen LogP contribution in [0.3, 0.4) is 0 Å². The standard InChI is InChI=1S/C19H32NO4.HI/c1-19(2,3)20(4,5)11-14(21)12-24-18-8-6-7-13-9-16(22)17(23)10-15(13)18;/h6-8,14,16-17,21-23H,9-12H2,1-5H3;1H/q+1;/p-1/t14?,16-,17+;/m1./s1. The molecule has 3 N–H and O–H groups in total. The van der Waals surface area contributed by atoms with Gasteiger partial charge < -0.3 is 48.5 Å². The van der Waals surface area contributed by atoms with E-state index in [1.54, 1.807) is 0 Å². The van der Waals surface area contributed by atoms with E-state index < -0.39 is 18.3 Å². The summed E-state index contributed by atoms with van der Waals surface area (Å²) in [6.07, 6.45) is -1.24. The predicted molar refractivity (Wildman–Crippen MR) is 94.1 cm³/mol. The Bertz CT molecular complexity index is 571. The highest BCUT2D eigenvalue weighted by Crippen LogP contribution is 2.30. The number of halogens is 1. The zero-order valence-corrected chi connectivity index (χ0v) is 18.0. The van der Waals surface area contributed by atoms with Crippen LogP contribution in [0.15, 0.2) is 18.2 Å². The van der Waals surface area contributed by atoms with Crippen molar-refractivity contribution in [2.24, 2.45) is 0 Å². The van der Waals surface area contributed by atoms with E-state index in [1.807, 2.05) is 18.2 Å². The molecule has 0 aromatic heterocycles. The lowest BCUT2D eigenvalue weighted by Gasteiger charge is -2.43. The van der Waals surface area contributed by atoms with Crippen LogP contribution in [-0.2, 0) is 12.8 Å². The molecule has 0 heterocycles. The Hall–Kier alpha value is -0.410. The van der Waals surface area contributed by atoms with E-state index in [4.69, 9.17) is 4.74 Å². The van der Waals surface area contributed by atoms with Gasteiger partial charge in [0.15, 0.2) is 0 Å². The quantitative estimate of drug-likeness (QED) is 0.352. The summed E-state index contributed by atoms with van der Waals surface area (Å²) in [5, 5.41) is 30.1. The monoisotopic (exact) mass is 465 g/mol. The zero-order chi connectivity index (χ0) is 18.1. The van der Waals surface area contributed by atoms with Gasteiger partial charge in [0.2, 0.25) is 0 Å². The van der Waals surface area contributed by atoms with Crippen molar-refractivity contribution >= 4 is 0 Å². The number of ether oxygens (including phenoxy) is 1. The first kappa shape index (κ1) is 22.6. The maximum absolute atomic E-state index is 10.4. The molecular formula is C19H32INO4. The predicted octanol–water partition coefficient (Wildman–Crippen LogP) is -1.87. The van der Waals surface area contributed by atoms with Crippen LogP contribution in [0.5, 0.6) is 5.75 Å². The van der Waals surface area contributed by atoms with Crippen LogP contribution in [0.25, 0.3) is 0 Å². The Morgan fingerprint density at radius 2 is 1.76 bits per heavy atom. The molecule has 1 aromatic rings. The summed E-state index contributed by atoms with van der Waals surface area (Å²) in [6, 6.07) is 5.70. The van der Waals surface area contributed by atoms with Crippen LogP contribution in [-0.4, -0.2) is 70.9 Å². The summed E-state index contributed by atoms with van der Waals surface area (Å²) >= 11 is 0. The average Bonchev–Trinajstić information content (AvgIpc) is 2.44. The van der Waals surface area contributed by atoms with Gasteiger partial charge in [0.25, 0.3) is 0 Å². The maximum atomic E-state index is 10.4. The summed E-state index contributed by atoms with van der Waals surface area (Å²) in [7, 11) is 4.21. The molecule has 0 saturated carbocycles. The topological polar surface area (TPSA) is 69.9 Å². The fourth-order valence-corrected chi connectivity index (χ4v) is 2.92. The molecule has 0 amide bonds. The normalized spacial score (nSPS) is 21.9. The highest BCUT2D eigenvalue weighted by molar-refractivity contribution is 5.43. The summed E-state index contributed by atoms with van der Waals surface area (Å²) in [4.78, 5) is 0. The third-order valence-corrected chi connectivity index (χ3v) is 5.43. The van der Waals surface area contributed by atoms with E-state index in [0.717, 1.165) is 11.1 Å². The third-order valence-electron chi connectivity index (χ3n) is 5.43. The van der Waals surface area contributed by atoms with E-state index in [2.05, 4.69) is 34.9 Å². The molecule has 3 atom stereocenters. The molecule has 25 heavy (non-hydrogen) atoms. The molecule has 6 heteroatoms. The van der Waals surface area contributed by atoms with E-state index in [9.17, 15) is 15.3 Å². The molecular weight excluding hydrogens is 433 g/mol. The molecule has 0 bridgehead atoms. The van der Waals surface area contributed by atoms with Crippen LogP contribution >= 0.6 is 0 Å². The van der Waals surface area contributed by atoms with E-state index >= 15 is 0 Å². The lowest BCUT2D eigenvalue weighted by molar-refractivity contribution is -0.938. The molecule has 0 spiro atoms. The summed E-state index contributed by atoms with van der Waals surface area (Å²) in [5.74, 6) is 0.693. The fourth-order valence-electron chi connectivity index (χ4n) is 2.92. The number of benzene rings is 1. The first-order valence-corrected chi connectivity index (χ1v) is 8.62. The number of likely N-dealkylation sites (N-methyl/N-ethyl adjacent to an activating group) is 1. The summed E-state index contributed by atoms with van der Waals surface area (Å²) in [6.45, 7) is 7.27. The summed E-state index contributed by atoms with van der Waals surface area (Å²) < 4.78 is 6.55. The number of quaternary nitrogens is 1. The van der Waals surface area contributed by atoms with E-state index in [0.29, 0.717) is 29.6 Å². The molecule has 144 valence electrons. The van der Waals surface area contributed by atoms with Gasteiger partial charge in [-0.1, -0.05) is 12.1 Å². The average molecular weight is 465 g/mol. The lowest BCUT2D eigenvalue weighted by atomic mass is 9.87. The van der Waals surface area contributed by atoms with Crippen LogP contribution in [0, 0.1) is 0 Å². The first-order chi connectivity index (χ1) is 11.0. The largest absolute Gasteiger partial charge is 1.00 e. The van der Waals surface area contributed by atoms with Crippen LogP contribution in [0.1, 0.15) is 31.9 Å². The van der Waals surface area contributed by atoms with Gasteiger partial charge in [0.05, 0.1) is 31.8 Å². The minimum atomic E-state index is -0.760. The molecule has 0 radical (unpaired) electrons. The lowest BCUT2D eigenvalue weighted by Crippen LogP contribution is -3.00. The Kier molecular flexibility index (Phi) is 7.71. The van der Waals surface area contributed by atoms with E-state index in [1.165, 1.54) is 0 Å².